The molecule has 220 valence electrons. The molecule has 0 aliphatic heterocycles. The fourth-order valence-corrected chi connectivity index (χ4v) is 4.53. The number of nitrogens with one attached hydrogen (secondary N) is 1. The number of nitrogens with zero attached hydrogens (tertiary/aromatic N) is 3. The molecule has 3 aromatic rings. The second kappa shape index (κ2) is 13.5. The van der Waals surface area contributed by atoms with Crippen molar-refractivity contribution in [3.8, 4) is 11.3 Å². The van der Waals surface area contributed by atoms with E-state index in [9.17, 15) is 23.2 Å². The van der Waals surface area contributed by atoms with Crippen molar-refractivity contribution in [3.05, 3.63) is 77.8 Å². The van der Waals surface area contributed by atoms with Crippen LogP contribution in [0.15, 0.2) is 54.7 Å². The van der Waals surface area contributed by atoms with Crippen molar-refractivity contribution in [3.63, 3.8) is 0 Å². The highest BCUT2D eigenvalue weighted by molar-refractivity contribution is 5.82. The van der Waals surface area contributed by atoms with Crippen LogP contribution in [0.5, 0.6) is 0 Å². The summed E-state index contributed by atoms with van der Waals surface area (Å²) >= 11 is 0. The first-order valence-electron chi connectivity index (χ1n) is 13.1. The largest absolute Gasteiger partial charge is 0.456 e. The lowest BCUT2D eigenvalue weighted by molar-refractivity contribution is -0.153. The van der Waals surface area contributed by atoms with Crippen molar-refractivity contribution in [1.82, 2.24) is 19.9 Å². The van der Waals surface area contributed by atoms with Crippen molar-refractivity contribution in [2.45, 2.75) is 52.7 Å². The number of nitrogens with two attached hydrogens (primary N) is 2. The van der Waals surface area contributed by atoms with Gasteiger partial charge in [-0.2, -0.15) is 0 Å². The first-order valence-corrected chi connectivity index (χ1v) is 13.1. The van der Waals surface area contributed by atoms with Gasteiger partial charge >= 0.3 is 5.97 Å². The summed E-state index contributed by atoms with van der Waals surface area (Å²) in [5.41, 5.74) is 8.34. The summed E-state index contributed by atoms with van der Waals surface area (Å²) in [6.45, 7) is 6.60. The normalized spacial score (nSPS) is 12.9. The van der Waals surface area contributed by atoms with Crippen LogP contribution in [-0.4, -0.2) is 51.4 Å². The van der Waals surface area contributed by atoms with Gasteiger partial charge in [0.2, 0.25) is 0 Å². The smallest absolute Gasteiger partial charge is 0.303 e. The Morgan fingerprint density at radius 2 is 1.80 bits per heavy atom. The van der Waals surface area contributed by atoms with Gasteiger partial charge in [0, 0.05) is 31.8 Å². The number of carbonyl (C=O) groups is 3. The van der Waals surface area contributed by atoms with E-state index in [0.717, 1.165) is 23.8 Å². The molecule has 5 N–H and O–H groups in total. The number of carbonyl (C=O) groups excluding carboxylic acids is 3. The molecule has 2 atom stereocenters. The molecule has 1 aromatic heterocycles. The number of benzene rings is 2. The van der Waals surface area contributed by atoms with Gasteiger partial charge in [-0.05, 0) is 35.6 Å². The van der Waals surface area contributed by atoms with Gasteiger partial charge in [-0.1, -0.05) is 51.1 Å². The van der Waals surface area contributed by atoms with E-state index in [2.05, 4.69) is 0 Å². The van der Waals surface area contributed by atoms with Crippen LogP contribution >= 0.6 is 0 Å². The average Bonchev–Trinajstić information content (AvgIpc) is 3.32. The van der Waals surface area contributed by atoms with Gasteiger partial charge in [0.25, 0.3) is 11.8 Å². The van der Waals surface area contributed by atoms with Crippen LogP contribution in [-0.2, 0) is 25.7 Å². The highest BCUT2D eigenvalue weighted by atomic mass is 19.1. The molecule has 2 aromatic carbocycles. The minimum absolute atomic E-state index is 0.0154. The van der Waals surface area contributed by atoms with Gasteiger partial charge in [0.15, 0.2) is 6.61 Å². The summed E-state index contributed by atoms with van der Waals surface area (Å²) in [5, 5.41) is 0. The lowest BCUT2D eigenvalue weighted by Crippen LogP contribution is -2.49. The summed E-state index contributed by atoms with van der Waals surface area (Å²) in [6, 6.07) is 10.8. The molecule has 12 heteroatoms. The number of hydrazine groups is 1. The molecular formula is C29H36F2N6O4. The van der Waals surface area contributed by atoms with E-state index in [4.69, 9.17) is 21.3 Å². The number of ether oxygens (including phenoxy) is 1. The third-order valence-corrected chi connectivity index (χ3v) is 6.46. The van der Waals surface area contributed by atoms with Gasteiger partial charge in [0.05, 0.1) is 17.8 Å². The summed E-state index contributed by atoms with van der Waals surface area (Å²) in [6.07, 6.45) is 1.65. The third kappa shape index (κ3) is 8.18. The van der Waals surface area contributed by atoms with Crippen molar-refractivity contribution in [2.24, 2.45) is 17.0 Å². The first-order chi connectivity index (χ1) is 19.3. The molecule has 0 saturated heterocycles. The lowest BCUT2D eigenvalue weighted by Gasteiger charge is -2.40. The number of esters is 1. The number of imidazole rings is 1. The van der Waals surface area contributed by atoms with E-state index in [1.807, 2.05) is 56.5 Å². The number of hydrogen-bond acceptors (Lipinski definition) is 7. The lowest BCUT2D eigenvalue weighted by atomic mass is 9.84. The zero-order chi connectivity index (χ0) is 30.3. The Kier molecular flexibility index (Phi) is 10.3. The van der Waals surface area contributed by atoms with Crippen LogP contribution < -0.4 is 17.0 Å². The van der Waals surface area contributed by atoms with Gasteiger partial charge < -0.3 is 19.9 Å². The fraction of sp³-hybridized carbons (Fsp3) is 0.379. The van der Waals surface area contributed by atoms with E-state index in [-0.39, 0.29) is 24.2 Å². The maximum absolute atomic E-state index is 14.8. The predicted octanol–water partition coefficient (Wildman–Crippen LogP) is 3.06. The van der Waals surface area contributed by atoms with Gasteiger partial charge in [-0.15, -0.1) is 0 Å². The molecule has 0 aliphatic carbocycles. The molecule has 0 unspecified atom stereocenters. The zero-order valence-corrected chi connectivity index (χ0v) is 23.6. The molecule has 0 radical (unpaired) electrons. The molecule has 41 heavy (non-hydrogen) atoms. The molecule has 0 fully saturated rings. The van der Waals surface area contributed by atoms with Crippen molar-refractivity contribution in [1.29, 1.82) is 0 Å². The Balaban J connectivity index is 2.18. The zero-order valence-electron chi connectivity index (χ0n) is 23.6. The minimum Gasteiger partial charge on any atom is -0.456 e. The summed E-state index contributed by atoms with van der Waals surface area (Å²) in [7, 11) is 0. The Hall–Kier alpha value is -4.16. The first kappa shape index (κ1) is 31.4. The van der Waals surface area contributed by atoms with E-state index in [0.29, 0.717) is 12.4 Å². The fourth-order valence-electron chi connectivity index (χ4n) is 4.53. The molecule has 1 heterocycles. The number of hydrogen-bond donors (Lipinski definition) is 3. The monoisotopic (exact) mass is 570 g/mol. The van der Waals surface area contributed by atoms with Crippen LogP contribution in [0.3, 0.4) is 0 Å². The second-order valence-corrected chi connectivity index (χ2v) is 10.8. The van der Waals surface area contributed by atoms with Gasteiger partial charge in [0.1, 0.15) is 17.5 Å². The maximum atomic E-state index is 14.8. The standard InChI is InChI=1S/C29H36F2N6O4/c1-18(38)41-17-25(39)37(13-12-23(32)28(40)35-33)26(29(2,3)4)27-34-24(21-14-20(30)10-11-22(21)31)16-36(27)15-19-8-6-5-7-9-19/h5-11,14,16,23,26H,12-13,15,17,32-33H2,1-4H3,(H,35,40)/t23-,26-/m0/s1. The van der Waals surface area contributed by atoms with Crippen LogP contribution in [0.2, 0.25) is 0 Å². The molecular weight excluding hydrogens is 534 g/mol. The summed E-state index contributed by atoms with van der Waals surface area (Å²) in [4.78, 5) is 43.3. The van der Waals surface area contributed by atoms with Gasteiger partial charge in [-0.3, -0.25) is 19.8 Å². The average molecular weight is 571 g/mol. The van der Waals surface area contributed by atoms with E-state index < -0.39 is 53.5 Å². The van der Waals surface area contributed by atoms with E-state index >= 15 is 0 Å². The van der Waals surface area contributed by atoms with E-state index in [1.165, 1.54) is 11.8 Å². The Bertz CT molecular complexity index is 1370. The van der Waals surface area contributed by atoms with Crippen LogP contribution in [0.1, 0.15) is 51.5 Å². The third-order valence-electron chi connectivity index (χ3n) is 6.46. The quantitative estimate of drug-likeness (QED) is 0.139. The van der Waals surface area contributed by atoms with Crippen LogP contribution in [0, 0.1) is 17.0 Å². The molecule has 10 nitrogen and oxygen atoms in total. The Labute approximate surface area is 237 Å². The number of halogens is 2. The molecule has 0 spiro atoms. The highest BCUT2D eigenvalue weighted by Crippen LogP contribution is 2.39. The topological polar surface area (TPSA) is 146 Å². The molecule has 2 amide bonds. The predicted molar refractivity (Wildman–Crippen MR) is 149 cm³/mol. The molecule has 0 aliphatic rings. The number of rotatable bonds is 11. The summed E-state index contributed by atoms with van der Waals surface area (Å²) < 4.78 is 35.8. The molecule has 0 saturated carbocycles. The second-order valence-electron chi connectivity index (χ2n) is 10.8. The Morgan fingerprint density at radius 1 is 1.12 bits per heavy atom. The SMILES string of the molecule is CC(=O)OCC(=O)N(CC[C@H](N)C(=O)NN)[C@@H](c1nc(-c2cc(F)ccc2F)cn1Cc1ccccc1)C(C)(C)C. The highest BCUT2D eigenvalue weighted by Gasteiger charge is 2.39. The van der Waals surface area contributed by atoms with Crippen LogP contribution in [0.25, 0.3) is 11.3 Å². The van der Waals surface area contributed by atoms with Crippen molar-refractivity contribution >= 4 is 17.8 Å². The number of aromatic nitrogens is 2. The van der Waals surface area contributed by atoms with Crippen molar-refractivity contribution in [2.75, 3.05) is 13.2 Å². The number of amides is 2. The molecule has 0 bridgehead atoms. The Morgan fingerprint density at radius 3 is 2.41 bits per heavy atom. The van der Waals surface area contributed by atoms with Crippen LogP contribution in [0.4, 0.5) is 8.78 Å². The summed E-state index contributed by atoms with van der Waals surface area (Å²) in [5.74, 6) is 2.53. The van der Waals surface area contributed by atoms with Crippen molar-refractivity contribution < 1.29 is 27.9 Å². The molecule has 3 rings (SSSR count). The van der Waals surface area contributed by atoms with Gasteiger partial charge in [-0.25, -0.2) is 19.6 Å². The van der Waals surface area contributed by atoms with E-state index in [1.54, 1.807) is 10.8 Å². The maximum Gasteiger partial charge on any atom is 0.303 e. The minimum atomic E-state index is -1.02.